The van der Waals surface area contributed by atoms with E-state index >= 15 is 0 Å². The molecule has 0 unspecified atom stereocenters. The summed E-state index contributed by atoms with van der Waals surface area (Å²) < 4.78 is 6.31. The number of hydrogen-bond acceptors (Lipinski definition) is 4. The molecule has 2 aromatic carbocycles. The van der Waals surface area contributed by atoms with Gasteiger partial charge in [0.25, 0.3) is 5.91 Å². The first-order valence-corrected chi connectivity index (χ1v) is 16.9. The molecular formula is C36H51ClN4O3. The first-order valence-electron chi connectivity index (χ1n) is 16.9. The minimum atomic E-state index is -0.935. The van der Waals surface area contributed by atoms with E-state index in [9.17, 15) is 9.59 Å². The molecule has 8 heteroatoms. The second kappa shape index (κ2) is 14.6. The van der Waals surface area contributed by atoms with Gasteiger partial charge in [0.2, 0.25) is 5.91 Å². The van der Waals surface area contributed by atoms with Crippen molar-refractivity contribution in [2.24, 2.45) is 5.92 Å². The minimum absolute atomic E-state index is 0. The molecular weight excluding hydrogens is 572 g/mol. The Hall–Kier alpha value is -2.77. The molecule has 2 amide bonds. The number of piperidine rings is 1. The van der Waals surface area contributed by atoms with Gasteiger partial charge >= 0.3 is 0 Å². The Balaban J connectivity index is 0.00000384. The van der Waals surface area contributed by atoms with Crippen LogP contribution in [0.15, 0.2) is 48.5 Å². The highest BCUT2D eigenvalue weighted by molar-refractivity contribution is 5.85. The lowest BCUT2D eigenvalue weighted by Gasteiger charge is -2.37. The standard InChI is InChI=1S/C36H50N4O3.ClH/c1-36(2,35(42)38-22-19-37-20-23-38)43-33-12-6-11-32(24-33)39-21-7-10-30(26-39)34(41)40(31-17-18-31)25-27-13-15-29(16-14-27)28-8-4-3-5-9-28;/h6,11-16,24,28,30-31,37H,3-5,7-10,17-23,25-26H2,1-2H3;1H/t30-;/m1./s1. The fourth-order valence-electron chi connectivity index (χ4n) is 7.36. The monoisotopic (exact) mass is 622 g/mol. The van der Waals surface area contributed by atoms with Gasteiger partial charge in [-0.05, 0) is 81.5 Å². The van der Waals surface area contributed by atoms with Gasteiger partial charge in [-0.25, -0.2) is 0 Å². The molecule has 44 heavy (non-hydrogen) atoms. The molecule has 0 bridgehead atoms. The highest BCUT2D eigenvalue weighted by atomic mass is 35.5. The van der Waals surface area contributed by atoms with Crippen LogP contribution < -0.4 is 27.4 Å². The number of nitrogens with zero attached hydrogens (tertiary/aromatic N) is 3. The molecule has 2 saturated heterocycles. The van der Waals surface area contributed by atoms with Gasteiger partial charge in [0, 0.05) is 37.4 Å². The maximum atomic E-state index is 14.0. The van der Waals surface area contributed by atoms with Crippen LogP contribution in [0.2, 0.25) is 0 Å². The fraction of sp³-hybridized carbons (Fsp3) is 0.611. The maximum absolute atomic E-state index is 14.0. The molecule has 0 radical (unpaired) electrons. The number of ether oxygens (including phenoxy) is 1. The highest BCUT2D eigenvalue weighted by Crippen LogP contribution is 2.35. The van der Waals surface area contributed by atoms with E-state index in [4.69, 9.17) is 4.74 Å². The van der Waals surface area contributed by atoms with Crippen LogP contribution in [0.25, 0.3) is 0 Å². The molecule has 6 rings (SSSR count). The van der Waals surface area contributed by atoms with Crippen LogP contribution in [0.3, 0.4) is 0 Å². The van der Waals surface area contributed by atoms with E-state index < -0.39 is 5.60 Å². The van der Waals surface area contributed by atoms with Gasteiger partial charge in [0.1, 0.15) is 5.75 Å². The van der Waals surface area contributed by atoms with E-state index in [0.717, 1.165) is 70.6 Å². The quantitative estimate of drug-likeness (QED) is 0.463. The zero-order valence-corrected chi connectivity index (χ0v) is 27.4. The van der Waals surface area contributed by atoms with Gasteiger partial charge in [-0.2, -0.15) is 0 Å². The maximum Gasteiger partial charge on any atom is 0.266 e. The van der Waals surface area contributed by atoms with Crippen molar-refractivity contribution in [2.45, 2.75) is 95.7 Å². The molecule has 2 heterocycles. The summed E-state index contributed by atoms with van der Waals surface area (Å²) in [6, 6.07) is 17.6. The molecule has 2 aromatic rings. The van der Waals surface area contributed by atoms with Crippen molar-refractivity contribution in [1.29, 1.82) is 0 Å². The first kappa shape index (κ1) is 32.6. The summed E-state index contributed by atoms with van der Waals surface area (Å²) in [5, 5.41) is 2.25. The summed E-state index contributed by atoms with van der Waals surface area (Å²) >= 11 is 0. The number of benzene rings is 2. The molecule has 2 N–H and O–H groups in total. The second-order valence-corrected chi connectivity index (χ2v) is 13.8. The van der Waals surface area contributed by atoms with Crippen LogP contribution >= 0.6 is 0 Å². The zero-order chi connectivity index (χ0) is 29.8. The van der Waals surface area contributed by atoms with Gasteiger partial charge in [-0.15, -0.1) is 0 Å². The van der Waals surface area contributed by atoms with E-state index in [-0.39, 0.29) is 24.2 Å². The van der Waals surface area contributed by atoms with E-state index in [2.05, 4.69) is 45.4 Å². The third-order valence-electron chi connectivity index (χ3n) is 10.0. The van der Waals surface area contributed by atoms with E-state index in [1.54, 1.807) is 0 Å². The van der Waals surface area contributed by atoms with Crippen molar-refractivity contribution in [1.82, 2.24) is 9.80 Å². The van der Waals surface area contributed by atoms with Crippen molar-refractivity contribution < 1.29 is 32.0 Å². The molecule has 240 valence electrons. The number of amides is 2. The highest BCUT2D eigenvalue weighted by Gasteiger charge is 2.38. The molecule has 7 nitrogen and oxygen atoms in total. The number of hydrogen-bond donors (Lipinski definition) is 1. The molecule has 2 aliphatic heterocycles. The van der Waals surface area contributed by atoms with Gasteiger partial charge < -0.3 is 37.2 Å². The molecule has 2 aliphatic carbocycles. The average molecular weight is 623 g/mol. The largest absolute Gasteiger partial charge is 1.00 e. The number of carbonyl (C=O) groups excluding carboxylic acids is 2. The van der Waals surface area contributed by atoms with Crippen LogP contribution in [0.1, 0.15) is 88.7 Å². The Labute approximate surface area is 270 Å². The van der Waals surface area contributed by atoms with Crippen LogP contribution in [0, 0.1) is 5.92 Å². The second-order valence-electron chi connectivity index (χ2n) is 13.8. The van der Waals surface area contributed by atoms with Crippen LogP contribution in [0.5, 0.6) is 5.75 Å². The predicted molar refractivity (Wildman–Crippen MR) is 170 cm³/mol. The van der Waals surface area contributed by atoms with Gasteiger partial charge in [0.05, 0.1) is 32.1 Å². The molecule has 4 aliphatic rings. The Kier molecular flexibility index (Phi) is 10.8. The lowest BCUT2D eigenvalue weighted by Crippen LogP contribution is -3.00. The lowest BCUT2D eigenvalue weighted by molar-refractivity contribution is -0.662. The Morgan fingerprint density at radius 3 is 2.34 bits per heavy atom. The summed E-state index contributed by atoms with van der Waals surface area (Å²) in [6.07, 6.45) is 10.9. The molecule has 1 atom stereocenters. The molecule has 0 aromatic heterocycles. The van der Waals surface area contributed by atoms with Crippen molar-refractivity contribution in [3.63, 3.8) is 0 Å². The SMILES string of the molecule is CC(C)(Oc1cccc(N2CCC[C@@H](C(=O)N(Cc3ccc(C4CCCCC4)cc3)C3CC3)C2)c1)C(=O)N1CC[NH2+]CC1.[Cl-]. The zero-order valence-electron chi connectivity index (χ0n) is 26.7. The normalized spacial score (nSPS) is 21.4. The topological polar surface area (TPSA) is 69.7 Å². The number of rotatable bonds is 9. The minimum Gasteiger partial charge on any atom is -1.00 e. The average Bonchev–Trinajstić information content (AvgIpc) is 3.90. The van der Waals surface area contributed by atoms with E-state index in [1.807, 2.05) is 36.9 Å². The summed E-state index contributed by atoms with van der Waals surface area (Å²) in [4.78, 5) is 33.6. The van der Waals surface area contributed by atoms with Crippen LogP contribution in [0.4, 0.5) is 5.69 Å². The van der Waals surface area contributed by atoms with Crippen molar-refractivity contribution in [2.75, 3.05) is 44.2 Å². The first-order chi connectivity index (χ1) is 20.9. The third-order valence-corrected chi connectivity index (χ3v) is 10.0. The van der Waals surface area contributed by atoms with E-state index in [1.165, 1.54) is 43.2 Å². The fourth-order valence-corrected chi connectivity index (χ4v) is 7.36. The smallest absolute Gasteiger partial charge is 0.266 e. The van der Waals surface area contributed by atoms with Crippen molar-refractivity contribution >= 4 is 17.5 Å². The van der Waals surface area contributed by atoms with Gasteiger partial charge in [0.15, 0.2) is 5.60 Å². The summed E-state index contributed by atoms with van der Waals surface area (Å²) in [6.45, 7) is 9.50. The molecule has 0 spiro atoms. The van der Waals surface area contributed by atoms with Gasteiger partial charge in [-0.3, -0.25) is 9.59 Å². The van der Waals surface area contributed by atoms with Crippen LogP contribution in [-0.2, 0) is 16.1 Å². The number of carbonyl (C=O) groups is 2. The number of quaternary nitrogens is 1. The number of anilines is 1. The van der Waals surface area contributed by atoms with E-state index in [0.29, 0.717) is 30.2 Å². The Morgan fingerprint density at radius 2 is 1.64 bits per heavy atom. The number of nitrogens with two attached hydrogens (primary N) is 1. The number of halogens is 1. The summed E-state index contributed by atoms with van der Waals surface area (Å²) in [7, 11) is 0. The van der Waals surface area contributed by atoms with Crippen LogP contribution in [-0.4, -0.2) is 72.5 Å². The molecule has 4 fully saturated rings. The van der Waals surface area contributed by atoms with Gasteiger partial charge in [-0.1, -0.05) is 49.6 Å². The Bertz CT molecular complexity index is 1250. The lowest BCUT2D eigenvalue weighted by atomic mass is 9.84. The number of piperazine rings is 1. The molecule has 2 saturated carbocycles. The predicted octanol–water partition coefficient (Wildman–Crippen LogP) is 1.71. The third kappa shape index (κ3) is 7.89. The summed E-state index contributed by atoms with van der Waals surface area (Å²) in [5.41, 5.74) is 2.84. The van der Waals surface area contributed by atoms with Crippen molar-refractivity contribution in [3.05, 3.63) is 59.7 Å². The summed E-state index contributed by atoms with van der Waals surface area (Å²) in [5.74, 6) is 1.75. The Morgan fingerprint density at radius 1 is 0.909 bits per heavy atom. The van der Waals surface area contributed by atoms with Crippen molar-refractivity contribution in [3.8, 4) is 5.75 Å².